The van der Waals surface area contributed by atoms with Gasteiger partial charge in [0, 0.05) is 30.8 Å². The van der Waals surface area contributed by atoms with Crippen molar-refractivity contribution in [1.82, 2.24) is 10.3 Å². The minimum Gasteiger partial charge on any atom is -0.365 e. The summed E-state index contributed by atoms with van der Waals surface area (Å²) in [6, 6.07) is 7.85. The van der Waals surface area contributed by atoms with Gasteiger partial charge in [0.25, 0.3) is 5.91 Å². The van der Waals surface area contributed by atoms with Gasteiger partial charge in [0.05, 0.1) is 11.6 Å². The fourth-order valence-corrected chi connectivity index (χ4v) is 3.79. The van der Waals surface area contributed by atoms with E-state index in [1.165, 1.54) is 13.0 Å². The van der Waals surface area contributed by atoms with Crippen LogP contribution in [0, 0.1) is 5.92 Å². The fourth-order valence-electron chi connectivity index (χ4n) is 3.33. The van der Waals surface area contributed by atoms with Crippen LogP contribution in [0.25, 0.3) is 0 Å². The normalized spacial score (nSPS) is 15.0. The number of anilines is 2. The molecule has 2 amide bonds. The average molecular weight is 511 g/mol. The lowest BCUT2D eigenvalue weighted by molar-refractivity contribution is -0.141. The van der Waals surface area contributed by atoms with Gasteiger partial charge in [-0.3, -0.25) is 9.59 Å². The number of amides is 2. The van der Waals surface area contributed by atoms with E-state index in [4.69, 9.17) is 0 Å². The van der Waals surface area contributed by atoms with E-state index in [1.807, 2.05) is 0 Å². The van der Waals surface area contributed by atoms with Crippen LogP contribution in [0.5, 0.6) is 0 Å². The molecule has 3 rings (SSSR count). The van der Waals surface area contributed by atoms with E-state index in [-0.39, 0.29) is 29.8 Å². The molecule has 1 heterocycles. The topological polar surface area (TPSA) is 117 Å². The number of alkyl halides is 3. The molecule has 1 aliphatic carbocycles. The molecule has 0 bridgehead atoms. The number of sulfone groups is 1. The van der Waals surface area contributed by atoms with Gasteiger partial charge in [-0.25, -0.2) is 13.4 Å². The van der Waals surface area contributed by atoms with Crippen molar-refractivity contribution in [3.8, 4) is 0 Å². The van der Waals surface area contributed by atoms with Gasteiger partial charge in [0.1, 0.15) is 11.5 Å². The molecular formula is C23H25F3N4O4S. The van der Waals surface area contributed by atoms with Crippen LogP contribution in [0.4, 0.5) is 24.7 Å². The Morgan fingerprint density at radius 1 is 1.17 bits per heavy atom. The first-order chi connectivity index (χ1) is 16.3. The number of nitrogens with zero attached hydrogens (tertiary/aromatic N) is 1. The molecule has 35 heavy (non-hydrogen) atoms. The lowest BCUT2D eigenvalue weighted by Gasteiger charge is -2.18. The van der Waals surface area contributed by atoms with E-state index in [2.05, 4.69) is 20.9 Å². The molecule has 1 atom stereocenters. The molecule has 2 aromatic rings. The van der Waals surface area contributed by atoms with Crippen molar-refractivity contribution < 1.29 is 31.2 Å². The van der Waals surface area contributed by atoms with Crippen LogP contribution in [-0.4, -0.2) is 37.5 Å². The van der Waals surface area contributed by atoms with E-state index >= 15 is 0 Å². The second kappa shape index (κ2) is 10.5. The Hall–Kier alpha value is -3.41. The van der Waals surface area contributed by atoms with Crippen LogP contribution in [0.3, 0.4) is 0 Å². The quantitative estimate of drug-likeness (QED) is 0.473. The molecule has 8 nitrogen and oxygen atoms in total. The average Bonchev–Trinajstić information content (AvgIpc) is 3.59. The first kappa shape index (κ1) is 26.2. The number of carbonyl (C=O) groups is 2. The van der Waals surface area contributed by atoms with Gasteiger partial charge in [-0.05, 0) is 42.5 Å². The maximum atomic E-state index is 13.3. The van der Waals surface area contributed by atoms with Gasteiger partial charge in [-0.1, -0.05) is 24.3 Å². The minimum atomic E-state index is -4.73. The predicted octanol–water partition coefficient (Wildman–Crippen LogP) is 3.74. The second-order valence-corrected chi connectivity index (χ2v) is 10.2. The Morgan fingerprint density at radius 3 is 2.46 bits per heavy atom. The number of benzene rings is 1. The van der Waals surface area contributed by atoms with E-state index in [1.54, 1.807) is 24.3 Å². The van der Waals surface area contributed by atoms with Crippen molar-refractivity contribution in [1.29, 1.82) is 0 Å². The highest BCUT2D eigenvalue weighted by Gasteiger charge is 2.35. The van der Waals surface area contributed by atoms with Gasteiger partial charge in [-0.2, -0.15) is 13.2 Å². The van der Waals surface area contributed by atoms with E-state index in [0.717, 1.165) is 30.6 Å². The largest absolute Gasteiger partial charge is 0.433 e. The van der Waals surface area contributed by atoms with Crippen LogP contribution in [-0.2, 0) is 27.4 Å². The number of pyridine rings is 1. The Labute approximate surface area is 200 Å². The number of rotatable bonds is 9. The predicted molar refractivity (Wildman–Crippen MR) is 125 cm³/mol. The van der Waals surface area contributed by atoms with Crippen LogP contribution < -0.4 is 16.0 Å². The molecule has 1 aromatic carbocycles. The number of nitrogens with one attached hydrogen (secondary N) is 3. The summed E-state index contributed by atoms with van der Waals surface area (Å²) in [4.78, 5) is 28.1. The first-order valence-corrected chi connectivity index (χ1v) is 12.7. The Kier molecular flexibility index (Phi) is 7.83. The van der Waals surface area contributed by atoms with Gasteiger partial charge in [0.15, 0.2) is 9.84 Å². The summed E-state index contributed by atoms with van der Waals surface area (Å²) in [6.45, 7) is 1.31. The Bertz CT molecular complexity index is 1240. The standard InChI is InChI=1S/C23H25F3N4O4S/c1-14(31)28-18-6-4-3-5-16(18)13-27-21-17(9-10-20(30-21)23(24,25)26)22(32)29-19(15-7-8-15)11-12-35(2,33)34/h3-6,9-12,15,19H,7-8,13H2,1-2H3,(H,27,30)(H,28,31)(H,29,32)/b12-11+/t19-/m1/s1. The van der Waals surface area contributed by atoms with Gasteiger partial charge in [-0.15, -0.1) is 0 Å². The van der Waals surface area contributed by atoms with Crippen LogP contribution in [0.1, 0.15) is 41.4 Å². The molecule has 1 saturated carbocycles. The van der Waals surface area contributed by atoms with Crippen molar-refractivity contribution in [2.45, 2.75) is 38.5 Å². The summed E-state index contributed by atoms with van der Waals surface area (Å²) >= 11 is 0. The maximum absolute atomic E-state index is 13.3. The van der Waals surface area contributed by atoms with Gasteiger partial charge >= 0.3 is 6.18 Å². The van der Waals surface area contributed by atoms with Crippen molar-refractivity contribution in [2.24, 2.45) is 5.92 Å². The van der Waals surface area contributed by atoms with Crippen molar-refractivity contribution in [3.63, 3.8) is 0 Å². The van der Waals surface area contributed by atoms with E-state index in [0.29, 0.717) is 17.3 Å². The highest BCUT2D eigenvalue weighted by atomic mass is 32.2. The number of aromatic nitrogens is 1. The third-order valence-electron chi connectivity index (χ3n) is 5.17. The third-order valence-corrected chi connectivity index (χ3v) is 5.82. The van der Waals surface area contributed by atoms with Crippen molar-refractivity contribution >= 4 is 33.2 Å². The summed E-state index contributed by atoms with van der Waals surface area (Å²) < 4.78 is 62.9. The van der Waals surface area contributed by atoms with Crippen molar-refractivity contribution in [2.75, 3.05) is 16.9 Å². The molecule has 1 fully saturated rings. The highest BCUT2D eigenvalue weighted by molar-refractivity contribution is 7.93. The zero-order valence-electron chi connectivity index (χ0n) is 19.0. The monoisotopic (exact) mass is 510 g/mol. The Balaban J connectivity index is 1.88. The summed E-state index contributed by atoms with van der Waals surface area (Å²) in [5.41, 5.74) is -0.277. The first-order valence-electron chi connectivity index (χ1n) is 10.7. The molecule has 0 saturated heterocycles. The molecule has 0 radical (unpaired) electrons. The van der Waals surface area contributed by atoms with Gasteiger partial charge in [0.2, 0.25) is 5.91 Å². The summed E-state index contributed by atoms with van der Waals surface area (Å²) in [6.07, 6.45) is -0.756. The molecule has 0 unspecified atom stereocenters. The molecular weight excluding hydrogens is 485 g/mol. The smallest absolute Gasteiger partial charge is 0.365 e. The van der Waals surface area contributed by atoms with E-state index in [9.17, 15) is 31.2 Å². The van der Waals surface area contributed by atoms with Crippen LogP contribution in [0.15, 0.2) is 47.9 Å². The SMILES string of the molecule is CC(=O)Nc1ccccc1CNc1nc(C(F)(F)F)ccc1C(=O)N[C@H](/C=C/S(C)(=O)=O)C1CC1. The van der Waals surface area contributed by atoms with Crippen molar-refractivity contribution in [3.05, 3.63) is 64.7 Å². The zero-order valence-corrected chi connectivity index (χ0v) is 19.8. The second-order valence-electron chi connectivity index (χ2n) is 8.28. The molecule has 12 heteroatoms. The molecule has 1 aromatic heterocycles. The summed E-state index contributed by atoms with van der Waals surface area (Å²) in [5, 5.41) is 9.11. The highest BCUT2D eigenvalue weighted by Crippen LogP contribution is 2.34. The number of hydrogen-bond donors (Lipinski definition) is 3. The molecule has 0 aliphatic heterocycles. The van der Waals surface area contributed by atoms with Crippen LogP contribution >= 0.6 is 0 Å². The maximum Gasteiger partial charge on any atom is 0.433 e. The third kappa shape index (κ3) is 7.81. The molecule has 0 spiro atoms. The number of hydrogen-bond acceptors (Lipinski definition) is 6. The summed E-state index contributed by atoms with van der Waals surface area (Å²) in [7, 11) is -3.42. The fraction of sp³-hybridized carbons (Fsp3) is 0.348. The minimum absolute atomic E-state index is 0.0227. The van der Waals surface area contributed by atoms with E-state index < -0.39 is 33.7 Å². The number of carbonyl (C=O) groups excluding carboxylic acids is 2. The molecule has 1 aliphatic rings. The number of halogens is 3. The van der Waals surface area contributed by atoms with Gasteiger partial charge < -0.3 is 16.0 Å². The molecule has 3 N–H and O–H groups in total. The zero-order chi connectivity index (χ0) is 25.8. The number of para-hydroxylation sites is 1. The lowest BCUT2D eigenvalue weighted by Crippen LogP contribution is -2.35. The molecule has 188 valence electrons. The Morgan fingerprint density at radius 2 is 1.86 bits per heavy atom. The lowest BCUT2D eigenvalue weighted by atomic mass is 10.1. The van der Waals surface area contributed by atoms with Crippen LogP contribution in [0.2, 0.25) is 0 Å². The summed E-state index contributed by atoms with van der Waals surface area (Å²) in [5.74, 6) is -1.27.